The van der Waals surface area contributed by atoms with Gasteiger partial charge in [0, 0.05) is 16.4 Å². The van der Waals surface area contributed by atoms with Crippen LogP contribution in [0.4, 0.5) is 0 Å². The molecule has 1 aromatic heterocycles. The van der Waals surface area contributed by atoms with Crippen LogP contribution in [-0.4, -0.2) is 16.3 Å². The van der Waals surface area contributed by atoms with Crippen molar-refractivity contribution >= 4 is 5.91 Å². The van der Waals surface area contributed by atoms with Gasteiger partial charge in [-0.1, -0.05) is 12.1 Å². The molecule has 14 heavy (non-hydrogen) atoms. The number of rotatable bonds is 2. The average molecular weight is 189 g/mol. The maximum atomic E-state index is 10.9. The predicted octanol–water partition coefficient (Wildman–Crippen LogP) is 0.836. The minimum atomic E-state index is -0.469. The largest absolute Gasteiger partial charge is 0.366 e. The molecule has 0 aliphatic carbocycles. The smallest absolute Gasteiger partial charge is 0.248 e. The number of benzene rings is 1. The number of nitrogens with zero attached hydrogens (tertiary/aromatic N) is 2. The molecule has 1 aromatic carbocycles. The molecule has 0 atom stereocenters. The Morgan fingerprint density at radius 3 is 2.93 bits per heavy atom. The highest BCUT2D eigenvalue weighted by atomic mass is 16.5. The van der Waals surface area contributed by atoms with E-state index in [0.29, 0.717) is 11.3 Å². The summed E-state index contributed by atoms with van der Waals surface area (Å²) >= 11 is 0. The highest BCUT2D eigenvalue weighted by Crippen LogP contribution is 2.16. The Balaban J connectivity index is 2.46. The molecular weight excluding hydrogens is 182 g/mol. The van der Waals surface area contributed by atoms with Crippen LogP contribution in [0.3, 0.4) is 0 Å². The Labute approximate surface area is 79.5 Å². The summed E-state index contributed by atoms with van der Waals surface area (Å²) < 4.78 is 4.59. The fraction of sp³-hybridized carbons (Fsp3) is 0. The van der Waals surface area contributed by atoms with Crippen molar-refractivity contribution in [2.45, 2.75) is 0 Å². The monoisotopic (exact) mass is 189 g/mol. The highest BCUT2D eigenvalue weighted by molar-refractivity contribution is 5.93. The third-order valence-electron chi connectivity index (χ3n) is 1.80. The van der Waals surface area contributed by atoms with Crippen LogP contribution >= 0.6 is 0 Å². The van der Waals surface area contributed by atoms with Crippen LogP contribution in [-0.2, 0) is 0 Å². The number of primary amides is 1. The van der Waals surface area contributed by atoms with Crippen LogP contribution in [0, 0.1) is 0 Å². The van der Waals surface area contributed by atoms with Crippen molar-refractivity contribution in [3.63, 3.8) is 0 Å². The second-order valence-corrected chi connectivity index (χ2v) is 2.74. The molecular formula is C9H7N3O2. The van der Waals surface area contributed by atoms with Gasteiger partial charge in [-0.05, 0) is 12.1 Å². The van der Waals surface area contributed by atoms with Gasteiger partial charge in [0.25, 0.3) is 0 Å². The van der Waals surface area contributed by atoms with Crippen molar-refractivity contribution in [2.75, 3.05) is 0 Å². The highest BCUT2D eigenvalue weighted by Gasteiger charge is 2.05. The van der Waals surface area contributed by atoms with E-state index in [1.54, 1.807) is 24.3 Å². The summed E-state index contributed by atoms with van der Waals surface area (Å²) in [5.74, 6) is -0.469. The lowest BCUT2D eigenvalue weighted by Gasteiger charge is -1.97. The molecule has 0 spiro atoms. The number of aromatic nitrogens is 2. The molecule has 0 fully saturated rings. The van der Waals surface area contributed by atoms with E-state index in [1.165, 1.54) is 6.26 Å². The van der Waals surface area contributed by atoms with Crippen LogP contribution in [0.5, 0.6) is 0 Å². The fourth-order valence-electron chi connectivity index (χ4n) is 1.12. The minimum Gasteiger partial charge on any atom is -0.366 e. The van der Waals surface area contributed by atoms with E-state index in [-0.39, 0.29) is 0 Å². The number of amides is 1. The zero-order valence-electron chi connectivity index (χ0n) is 7.18. The van der Waals surface area contributed by atoms with Gasteiger partial charge in [0.15, 0.2) is 6.26 Å². The second-order valence-electron chi connectivity index (χ2n) is 2.74. The minimum absolute atomic E-state index is 0.436. The van der Waals surface area contributed by atoms with Gasteiger partial charge in [0.1, 0.15) is 5.69 Å². The third-order valence-corrected chi connectivity index (χ3v) is 1.80. The van der Waals surface area contributed by atoms with E-state index in [2.05, 4.69) is 14.9 Å². The van der Waals surface area contributed by atoms with Gasteiger partial charge < -0.3 is 10.3 Å². The van der Waals surface area contributed by atoms with Gasteiger partial charge in [-0.25, -0.2) is 0 Å². The molecule has 0 unspecified atom stereocenters. The molecule has 2 N–H and O–H groups in total. The van der Waals surface area contributed by atoms with Gasteiger partial charge in [0.05, 0.1) is 0 Å². The Kier molecular flexibility index (Phi) is 1.98. The summed E-state index contributed by atoms with van der Waals surface area (Å²) in [5, 5.41) is 7.05. The Bertz CT molecular complexity index is 451. The van der Waals surface area contributed by atoms with E-state index in [4.69, 9.17) is 5.73 Å². The van der Waals surface area contributed by atoms with Crippen LogP contribution in [0.15, 0.2) is 35.1 Å². The van der Waals surface area contributed by atoms with Gasteiger partial charge in [-0.15, -0.1) is 5.10 Å². The first-order valence-corrected chi connectivity index (χ1v) is 3.94. The van der Waals surface area contributed by atoms with E-state index in [0.717, 1.165) is 5.56 Å². The van der Waals surface area contributed by atoms with Gasteiger partial charge in [-0.2, -0.15) is 0 Å². The molecule has 70 valence electrons. The standard InChI is InChI=1S/C9H7N3O2/c10-9(13)7-3-1-2-6(4-7)8-5-14-12-11-8/h1-5H,(H2,10,13). The summed E-state index contributed by atoms with van der Waals surface area (Å²) in [5.41, 5.74) is 6.90. The molecule has 0 aliphatic rings. The molecule has 5 heteroatoms. The predicted molar refractivity (Wildman–Crippen MR) is 48.3 cm³/mol. The van der Waals surface area contributed by atoms with Gasteiger partial charge in [-0.3, -0.25) is 4.79 Å². The van der Waals surface area contributed by atoms with Crippen molar-refractivity contribution in [2.24, 2.45) is 5.73 Å². The van der Waals surface area contributed by atoms with Crippen molar-refractivity contribution < 1.29 is 9.32 Å². The van der Waals surface area contributed by atoms with Gasteiger partial charge in [0.2, 0.25) is 5.91 Å². The second kappa shape index (κ2) is 3.29. The first-order chi connectivity index (χ1) is 6.77. The number of carbonyl (C=O) groups is 1. The number of carbonyl (C=O) groups excluding carboxylic acids is 1. The van der Waals surface area contributed by atoms with E-state index < -0.39 is 5.91 Å². The summed E-state index contributed by atoms with van der Waals surface area (Å²) in [6, 6.07) is 6.80. The summed E-state index contributed by atoms with van der Waals surface area (Å²) in [7, 11) is 0. The zero-order chi connectivity index (χ0) is 9.97. The topological polar surface area (TPSA) is 82.0 Å². The maximum absolute atomic E-state index is 10.9. The molecule has 5 nitrogen and oxygen atoms in total. The number of hydrogen-bond acceptors (Lipinski definition) is 4. The molecule has 1 amide bonds. The van der Waals surface area contributed by atoms with E-state index >= 15 is 0 Å². The average Bonchev–Trinajstić information content (AvgIpc) is 2.71. The molecule has 1 heterocycles. The van der Waals surface area contributed by atoms with Crippen LogP contribution in [0.25, 0.3) is 11.3 Å². The van der Waals surface area contributed by atoms with Crippen molar-refractivity contribution in [1.29, 1.82) is 0 Å². The zero-order valence-corrected chi connectivity index (χ0v) is 7.18. The molecule has 0 aliphatic heterocycles. The van der Waals surface area contributed by atoms with Crippen molar-refractivity contribution in [3.8, 4) is 11.3 Å². The summed E-state index contributed by atoms with van der Waals surface area (Å²) in [4.78, 5) is 10.9. The third kappa shape index (κ3) is 1.47. The Hall–Kier alpha value is -2.17. The van der Waals surface area contributed by atoms with Gasteiger partial charge >= 0.3 is 0 Å². The van der Waals surface area contributed by atoms with Crippen LogP contribution in [0.1, 0.15) is 10.4 Å². The normalized spacial score (nSPS) is 10.0. The van der Waals surface area contributed by atoms with Crippen LogP contribution in [0.2, 0.25) is 0 Å². The Morgan fingerprint density at radius 1 is 1.43 bits per heavy atom. The lowest BCUT2D eigenvalue weighted by molar-refractivity contribution is 0.100. The van der Waals surface area contributed by atoms with Crippen LogP contribution < -0.4 is 5.73 Å². The lowest BCUT2D eigenvalue weighted by Crippen LogP contribution is -2.10. The Morgan fingerprint density at radius 2 is 2.29 bits per heavy atom. The fourth-order valence-corrected chi connectivity index (χ4v) is 1.12. The molecule has 0 saturated heterocycles. The van der Waals surface area contributed by atoms with E-state index in [9.17, 15) is 4.79 Å². The first kappa shape index (κ1) is 8.43. The molecule has 2 rings (SSSR count). The molecule has 0 radical (unpaired) electrons. The first-order valence-electron chi connectivity index (χ1n) is 3.94. The number of hydrogen-bond donors (Lipinski definition) is 1. The molecule has 0 bridgehead atoms. The number of nitrogens with two attached hydrogens (primary N) is 1. The molecule has 2 aromatic rings. The van der Waals surface area contributed by atoms with Crippen molar-refractivity contribution in [1.82, 2.24) is 10.4 Å². The maximum Gasteiger partial charge on any atom is 0.248 e. The molecule has 0 saturated carbocycles. The lowest BCUT2D eigenvalue weighted by atomic mass is 10.1. The SMILES string of the molecule is NC(=O)c1cccc(-c2conn2)c1. The quantitative estimate of drug-likeness (QED) is 0.758. The summed E-state index contributed by atoms with van der Waals surface area (Å²) in [6.45, 7) is 0. The van der Waals surface area contributed by atoms with E-state index in [1.807, 2.05) is 0 Å². The van der Waals surface area contributed by atoms with Crippen molar-refractivity contribution in [3.05, 3.63) is 36.1 Å². The summed E-state index contributed by atoms with van der Waals surface area (Å²) in [6.07, 6.45) is 1.40.